The summed E-state index contributed by atoms with van der Waals surface area (Å²) in [6.45, 7) is 2.16. The Morgan fingerprint density at radius 3 is 2.92 bits per heavy atom. The summed E-state index contributed by atoms with van der Waals surface area (Å²) >= 11 is 2.67. The highest BCUT2D eigenvalue weighted by molar-refractivity contribution is 7.98. The van der Waals surface area contributed by atoms with Crippen LogP contribution in [-0.4, -0.2) is 33.3 Å². The van der Waals surface area contributed by atoms with E-state index in [0.717, 1.165) is 28.1 Å². The molecular formula is C17H15N3O2S2. The van der Waals surface area contributed by atoms with E-state index in [9.17, 15) is 9.90 Å². The number of aromatic nitrogens is 2. The van der Waals surface area contributed by atoms with Gasteiger partial charge >= 0.3 is 5.97 Å². The lowest BCUT2D eigenvalue weighted by molar-refractivity contribution is 0.0702. The van der Waals surface area contributed by atoms with Crippen LogP contribution in [0.1, 0.15) is 22.2 Å². The maximum atomic E-state index is 11.4. The summed E-state index contributed by atoms with van der Waals surface area (Å²) in [5.74, 6) is -0.130. The Bertz CT molecular complexity index is 954. The van der Waals surface area contributed by atoms with Crippen molar-refractivity contribution in [3.8, 4) is 0 Å². The molecule has 0 amide bonds. The van der Waals surface area contributed by atoms with Crippen LogP contribution in [0.3, 0.4) is 0 Å². The Morgan fingerprint density at radius 2 is 2.17 bits per heavy atom. The number of carboxylic acid groups (broad SMARTS) is 1. The lowest BCUT2D eigenvalue weighted by Gasteiger charge is -2.24. The number of aromatic carboxylic acids is 1. The topological polar surface area (TPSA) is 66.3 Å². The molecule has 2 aromatic heterocycles. The highest BCUT2D eigenvalue weighted by atomic mass is 32.2. The molecule has 0 radical (unpaired) electrons. The molecule has 4 rings (SSSR count). The second kappa shape index (κ2) is 5.75. The minimum absolute atomic E-state index is 0.267. The Kier molecular flexibility index (Phi) is 3.69. The molecule has 1 atom stereocenters. The van der Waals surface area contributed by atoms with Crippen molar-refractivity contribution in [1.29, 1.82) is 0 Å². The molecule has 0 aliphatic carbocycles. The van der Waals surface area contributed by atoms with Crippen molar-refractivity contribution in [2.75, 3.05) is 11.2 Å². The molecular weight excluding hydrogens is 342 g/mol. The molecule has 1 N–H and O–H groups in total. The maximum absolute atomic E-state index is 11.4. The minimum atomic E-state index is -0.926. The fraction of sp³-hybridized carbons (Fsp3) is 0.235. The SMILES string of the molecule is CSc1nc(N2c3ccccc3C[C@@H]2C)c2cc(C(=O)O)sc2n1. The van der Waals surface area contributed by atoms with E-state index in [0.29, 0.717) is 10.0 Å². The van der Waals surface area contributed by atoms with Gasteiger partial charge in [0, 0.05) is 11.7 Å². The van der Waals surface area contributed by atoms with Gasteiger partial charge in [0.25, 0.3) is 0 Å². The van der Waals surface area contributed by atoms with Crippen LogP contribution in [0.2, 0.25) is 0 Å². The highest BCUT2D eigenvalue weighted by Crippen LogP contribution is 2.42. The average molecular weight is 357 g/mol. The molecule has 0 saturated carbocycles. The first-order chi connectivity index (χ1) is 11.6. The summed E-state index contributed by atoms with van der Waals surface area (Å²) in [6.07, 6.45) is 2.88. The number of nitrogens with zero attached hydrogens (tertiary/aromatic N) is 3. The van der Waals surface area contributed by atoms with Crippen LogP contribution in [0.4, 0.5) is 11.5 Å². The van der Waals surface area contributed by atoms with E-state index in [1.54, 1.807) is 6.07 Å². The number of hydrogen-bond acceptors (Lipinski definition) is 6. The summed E-state index contributed by atoms with van der Waals surface area (Å²) < 4.78 is 0. The van der Waals surface area contributed by atoms with E-state index >= 15 is 0 Å². The molecule has 1 aliphatic rings. The van der Waals surface area contributed by atoms with Crippen molar-refractivity contribution in [2.45, 2.75) is 24.5 Å². The van der Waals surface area contributed by atoms with Gasteiger partial charge in [0.1, 0.15) is 15.5 Å². The third-order valence-corrected chi connectivity index (χ3v) is 5.75. The molecule has 24 heavy (non-hydrogen) atoms. The predicted octanol–water partition coefficient (Wildman–Crippen LogP) is 4.19. The first-order valence-corrected chi connectivity index (χ1v) is 9.58. The van der Waals surface area contributed by atoms with E-state index in [4.69, 9.17) is 4.98 Å². The zero-order chi connectivity index (χ0) is 16.8. The van der Waals surface area contributed by atoms with Crippen molar-refractivity contribution in [3.63, 3.8) is 0 Å². The number of anilines is 2. The zero-order valence-electron chi connectivity index (χ0n) is 13.2. The molecule has 0 fully saturated rings. The number of thiophene rings is 1. The molecule has 1 aliphatic heterocycles. The molecule has 5 nitrogen and oxygen atoms in total. The summed E-state index contributed by atoms with van der Waals surface area (Å²) in [4.78, 5) is 23.8. The van der Waals surface area contributed by atoms with Crippen LogP contribution < -0.4 is 4.90 Å². The molecule has 0 spiro atoms. The van der Waals surface area contributed by atoms with Gasteiger partial charge in [-0.25, -0.2) is 14.8 Å². The lowest BCUT2D eigenvalue weighted by atomic mass is 10.1. The van der Waals surface area contributed by atoms with Crippen LogP contribution in [-0.2, 0) is 6.42 Å². The van der Waals surface area contributed by atoms with Crippen molar-refractivity contribution in [2.24, 2.45) is 0 Å². The van der Waals surface area contributed by atoms with Gasteiger partial charge in [-0.1, -0.05) is 30.0 Å². The van der Waals surface area contributed by atoms with Crippen LogP contribution in [0.25, 0.3) is 10.2 Å². The summed E-state index contributed by atoms with van der Waals surface area (Å²) in [5, 5.41) is 10.8. The zero-order valence-corrected chi connectivity index (χ0v) is 14.8. The number of hydrogen-bond donors (Lipinski definition) is 1. The Morgan fingerprint density at radius 1 is 1.38 bits per heavy atom. The number of carbonyl (C=O) groups is 1. The lowest BCUT2D eigenvalue weighted by Crippen LogP contribution is -2.25. The van der Waals surface area contributed by atoms with E-state index < -0.39 is 5.97 Å². The quantitative estimate of drug-likeness (QED) is 0.560. The van der Waals surface area contributed by atoms with E-state index in [1.165, 1.54) is 28.7 Å². The first kappa shape index (κ1) is 15.4. The second-order valence-electron chi connectivity index (χ2n) is 5.72. The predicted molar refractivity (Wildman–Crippen MR) is 97.9 cm³/mol. The van der Waals surface area contributed by atoms with Gasteiger partial charge in [-0.05, 0) is 37.3 Å². The Balaban J connectivity index is 1.97. The molecule has 0 saturated heterocycles. The molecule has 1 aromatic carbocycles. The summed E-state index contributed by atoms with van der Waals surface area (Å²) in [6, 6.07) is 10.3. The minimum Gasteiger partial charge on any atom is -0.477 e. The van der Waals surface area contributed by atoms with Gasteiger partial charge in [-0.15, -0.1) is 11.3 Å². The second-order valence-corrected chi connectivity index (χ2v) is 7.52. The molecule has 3 aromatic rings. The molecule has 7 heteroatoms. The summed E-state index contributed by atoms with van der Waals surface area (Å²) in [5.41, 5.74) is 2.43. The summed E-state index contributed by atoms with van der Waals surface area (Å²) in [7, 11) is 0. The van der Waals surface area contributed by atoms with Gasteiger partial charge < -0.3 is 10.0 Å². The third-order valence-electron chi connectivity index (χ3n) is 4.18. The number of benzene rings is 1. The van der Waals surface area contributed by atoms with E-state index in [1.807, 2.05) is 18.4 Å². The van der Waals surface area contributed by atoms with Crippen molar-refractivity contribution in [1.82, 2.24) is 9.97 Å². The highest BCUT2D eigenvalue weighted by Gasteiger charge is 2.30. The van der Waals surface area contributed by atoms with Gasteiger partial charge in [0.2, 0.25) is 0 Å². The van der Waals surface area contributed by atoms with E-state index in [2.05, 4.69) is 28.9 Å². The molecule has 0 unspecified atom stereocenters. The number of fused-ring (bicyclic) bond motifs is 2. The van der Waals surface area contributed by atoms with Gasteiger partial charge in [0.05, 0.1) is 5.39 Å². The Labute approximate surface area is 147 Å². The number of rotatable bonds is 3. The number of para-hydroxylation sites is 1. The fourth-order valence-corrected chi connectivity index (χ4v) is 4.44. The molecule has 3 heterocycles. The monoisotopic (exact) mass is 357 g/mol. The normalized spacial score (nSPS) is 16.6. The van der Waals surface area contributed by atoms with Crippen molar-refractivity contribution in [3.05, 3.63) is 40.8 Å². The smallest absolute Gasteiger partial charge is 0.345 e. The van der Waals surface area contributed by atoms with Gasteiger partial charge in [-0.2, -0.15) is 0 Å². The van der Waals surface area contributed by atoms with E-state index in [-0.39, 0.29) is 6.04 Å². The molecule has 122 valence electrons. The molecule has 0 bridgehead atoms. The number of carboxylic acids is 1. The maximum Gasteiger partial charge on any atom is 0.345 e. The van der Waals surface area contributed by atoms with Crippen LogP contribution in [0.5, 0.6) is 0 Å². The van der Waals surface area contributed by atoms with Gasteiger partial charge in [-0.3, -0.25) is 0 Å². The largest absolute Gasteiger partial charge is 0.477 e. The van der Waals surface area contributed by atoms with Crippen LogP contribution in [0.15, 0.2) is 35.5 Å². The average Bonchev–Trinajstić information content (AvgIpc) is 3.14. The standard InChI is InChI=1S/C17H15N3O2S2/c1-9-7-10-5-3-4-6-12(10)20(9)14-11-8-13(16(21)22)24-15(11)19-17(18-14)23-2/h3-6,8-9H,7H2,1-2H3,(H,21,22)/t9-/m0/s1. The van der Waals surface area contributed by atoms with Gasteiger partial charge in [0.15, 0.2) is 5.16 Å². The first-order valence-electron chi connectivity index (χ1n) is 7.54. The van der Waals surface area contributed by atoms with Crippen molar-refractivity contribution >= 4 is 50.8 Å². The third kappa shape index (κ3) is 2.35. The van der Waals surface area contributed by atoms with Crippen molar-refractivity contribution < 1.29 is 9.90 Å². The Hall–Kier alpha value is -2.12. The van der Waals surface area contributed by atoms with Crippen LogP contribution >= 0.6 is 23.1 Å². The fourth-order valence-electron chi connectivity index (χ4n) is 3.16. The van der Waals surface area contributed by atoms with Crippen LogP contribution in [0, 0.1) is 0 Å². The number of thioether (sulfide) groups is 1.